The average Bonchev–Trinajstić information content (AvgIpc) is 2.76. The predicted octanol–water partition coefficient (Wildman–Crippen LogP) is 2.91. The van der Waals surface area contributed by atoms with Gasteiger partial charge in [-0.1, -0.05) is 0 Å². The molecule has 110 valence electrons. The van der Waals surface area contributed by atoms with Crippen molar-refractivity contribution in [2.75, 3.05) is 0 Å². The topological polar surface area (TPSA) is 55.1 Å². The summed E-state index contributed by atoms with van der Waals surface area (Å²) in [5, 5.41) is 9.16. The molecule has 0 saturated heterocycles. The molecule has 0 radical (unpaired) electrons. The molecular weight excluding hydrogens is 285 g/mol. The lowest BCUT2D eigenvalue weighted by Crippen LogP contribution is -2.22. The summed E-state index contributed by atoms with van der Waals surface area (Å²) in [6.45, 7) is -1.31. The Kier molecular flexibility index (Phi) is 3.00. The van der Waals surface area contributed by atoms with Crippen LogP contribution in [0.25, 0.3) is 11.3 Å². The number of nitrogens with zero attached hydrogens (tertiary/aromatic N) is 2. The Labute approximate surface area is 117 Å². The number of carboxylic acid groups (broad SMARTS) is 1. The zero-order chi connectivity index (χ0) is 15.2. The summed E-state index contributed by atoms with van der Waals surface area (Å²) in [5.41, 5.74) is 2.11. The molecule has 0 saturated carbocycles. The molecule has 0 unspecified atom stereocenters. The van der Waals surface area contributed by atoms with Crippen LogP contribution in [-0.2, 0) is 19.4 Å². The van der Waals surface area contributed by atoms with Gasteiger partial charge in [0.1, 0.15) is 12.2 Å². The second-order valence-electron chi connectivity index (χ2n) is 4.94. The number of hydrogen-bond donors (Lipinski definition) is 1. The average molecular weight is 296 g/mol. The molecule has 0 spiro atoms. The van der Waals surface area contributed by atoms with Gasteiger partial charge in [0.25, 0.3) is 0 Å². The first-order valence-corrected chi connectivity index (χ1v) is 6.32. The van der Waals surface area contributed by atoms with Gasteiger partial charge in [-0.2, -0.15) is 13.2 Å². The maximum absolute atomic E-state index is 12.8. The largest absolute Gasteiger partial charge is 0.477 e. The number of pyridine rings is 1. The van der Waals surface area contributed by atoms with E-state index in [9.17, 15) is 18.0 Å². The molecule has 1 aliphatic carbocycles. The van der Waals surface area contributed by atoms with Crippen LogP contribution in [0.2, 0.25) is 0 Å². The minimum atomic E-state index is -4.48. The van der Waals surface area contributed by atoms with E-state index in [1.54, 1.807) is 12.3 Å². The number of aromatic carboxylic acids is 1. The fraction of sp³-hybridized carbons (Fsp3) is 0.286. The van der Waals surface area contributed by atoms with Crippen LogP contribution in [-0.4, -0.2) is 26.8 Å². The molecule has 0 aromatic carbocycles. The van der Waals surface area contributed by atoms with Gasteiger partial charge < -0.3 is 9.67 Å². The van der Waals surface area contributed by atoms with Gasteiger partial charge in [-0.25, -0.2) is 4.79 Å². The van der Waals surface area contributed by atoms with E-state index < -0.39 is 18.7 Å². The molecule has 1 aliphatic rings. The van der Waals surface area contributed by atoms with Crippen LogP contribution in [0.15, 0.2) is 24.5 Å². The van der Waals surface area contributed by atoms with Crippen LogP contribution in [0.1, 0.15) is 21.6 Å². The quantitative estimate of drug-likeness (QED) is 0.927. The van der Waals surface area contributed by atoms with Crippen molar-refractivity contribution in [2.24, 2.45) is 0 Å². The van der Waals surface area contributed by atoms with Crippen LogP contribution in [0.5, 0.6) is 0 Å². The molecule has 0 bridgehead atoms. The second kappa shape index (κ2) is 4.61. The highest BCUT2D eigenvalue weighted by Gasteiger charge is 2.34. The highest BCUT2D eigenvalue weighted by atomic mass is 19.4. The molecule has 1 N–H and O–H groups in total. The Morgan fingerprint density at radius 2 is 2.05 bits per heavy atom. The highest BCUT2D eigenvalue weighted by molar-refractivity contribution is 5.89. The van der Waals surface area contributed by atoms with Crippen molar-refractivity contribution in [1.82, 2.24) is 9.55 Å². The molecule has 2 heterocycles. The number of rotatable bonds is 2. The van der Waals surface area contributed by atoms with Crippen LogP contribution in [0.4, 0.5) is 13.2 Å². The minimum Gasteiger partial charge on any atom is -0.477 e. The molecule has 0 aliphatic heterocycles. The maximum atomic E-state index is 12.8. The smallest absolute Gasteiger partial charge is 0.406 e. The molecule has 2 aromatic rings. The Bertz CT molecular complexity index is 719. The Balaban J connectivity index is 2.24. The molecule has 3 rings (SSSR count). The summed E-state index contributed by atoms with van der Waals surface area (Å²) in [4.78, 5) is 15.2. The summed E-state index contributed by atoms with van der Waals surface area (Å²) in [6, 6.07) is 2.97. The summed E-state index contributed by atoms with van der Waals surface area (Å²) >= 11 is 0. The minimum absolute atomic E-state index is 0.331. The normalized spacial score (nSPS) is 13.7. The molecule has 0 amide bonds. The lowest BCUT2D eigenvalue weighted by molar-refractivity contribution is -0.140. The summed E-state index contributed by atoms with van der Waals surface area (Å²) in [6.07, 6.45) is -0.213. The first kappa shape index (κ1) is 13.7. The van der Waals surface area contributed by atoms with E-state index in [-0.39, 0.29) is 5.69 Å². The van der Waals surface area contributed by atoms with E-state index in [0.717, 1.165) is 10.1 Å². The van der Waals surface area contributed by atoms with Gasteiger partial charge in [0, 0.05) is 18.0 Å². The first-order valence-electron chi connectivity index (χ1n) is 6.32. The predicted molar refractivity (Wildman–Crippen MR) is 68.1 cm³/mol. The summed E-state index contributed by atoms with van der Waals surface area (Å²) in [7, 11) is 0. The van der Waals surface area contributed by atoms with Crippen molar-refractivity contribution in [3.63, 3.8) is 0 Å². The van der Waals surface area contributed by atoms with E-state index >= 15 is 0 Å². The van der Waals surface area contributed by atoms with Crippen molar-refractivity contribution in [3.8, 4) is 11.3 Å². The SMILES string of the molecule is O=C(O)c1cc2c(n1CC(F)(F)F)-c1ccncc1CC2. The lowest BCUT2D eigenvalue weighted by atomic mass is 9.92. The molecule has 0 atom stereocenters. The Morgan fingerprint density at radius 3 is 2.71 bits per heavy atom. The van der Waals surface area contributed by atoms with Crippen LogP contribution < -0.4 is 0 Å². The first-order chi connectivity index (χ1) is 9.87. The van der Waals surface area contributed by atoms with Crippen LogP contribution in [0.3, 0.4) is 0 Å². The number of aromatic nitrogens is 2. The van der Waals surface area contributed by atoms with Gasteiger partial charge in [0.15, 0.2) is 0 Å². The Morgan fingerprint density at radius 1 is 1.33 bits per heavy atom. The fourth-order valence-corrected chi connectivity index (χ4v) is 2.76. The van der Waals surface area contributed by atoms with E-state index in [4.69, 9.17) is 5.11 Å². The lowest BCUT2D eigenvalue weighted by Gasteiger charge is -2.20. The Hall–Kier alpha value is -2.31. The van der Waals surface area contributed by atoms with E-state index in [0.29, 0.717) is 29.7 Å². The summed E-state index contributed by atoms with van der Waals surface area (Å²) in [5.74, 6) is -1.36. The second-order valence-corrected chi connectivity index (χ2v) is 4.94. The number of alkyl halides is 3. The third-order valence-corrected chi connectivity index (χ3v) is 3.55. The molecular formula is C14H11F3N2O2. The number of fused-ring (bicyclic) bond motifs is 3. The zero-order valence-electron chi connectivity index (χ0n) is 10.8. The maximum Gasteiger partial charge on any atom is 0.406 e. The third-order valence-electron chi connectivity index (χ3n) is 3.55. The van der Waals surface area contributed by atoms with Gasteiger partial charge in [-0.05, 0) is 36.1 Å². The molecule has 21 heavy (non-hydrogen) atoms. The van der Waals surface area contributed by atoms with Crippen molar-refractivity contribution >= 4 is 5.97 Å². The fourth-order valence-electron chi connectivity index (χ4n) is 2.76. The zero-order valence-corrected chi connectivity index (χ0v) is 10.8. The van der Waals surface area contributed by atoms with Crippen molar-refractivity contribution < 1.29 is 23.1 Å². The third kappa shape index (κ3) is 2.39. The van der Waals surface area contributed by atoms with E-state index in [2.05, 4.69) is 4.98 Å². The van der Waals surface area contributed by atoms with E-state index in [1.807, 2.05) is 0 Å². The monoisotopic (exact) mass is 296 g/mol. The van der Waals surface area contributed by atoms with Gasteiger partial charge in [0.2, 0.25) is 0 Å². The van der Waals surface area contributed by atoms with Crippen molar-refractivity contribution in [3.05, 3.63) is 41.3 Å². The number of hydrogen-bond acceptors (Lipinski definition) is 2. The molecule has 4 nitrogen and oxygen atoms in total. The number of halogens is 3. The van der Waals surface area contributed by atoms with Gasteiger partial charge >= 0.3 is 12.1 Å². The molecule has 2 aromatic heterocycles. The van der Waals surface area contributed by atoms with Gasteiger partial charge in [0.05, 0.1) is 5.69 Å². The van der Waals surface area contributed by atoms with Gasteiger partial charge in [-0.15, -0.1) is 0 Å². The number of carboxylic acids is 1. The molecule has 7 heteroatoms. The number of aryl methyl sites for hydroxylation is 2. The standard InChI is InChI=1S/C14H11F3N2O2/c15-14(16,17)7-19-11(13(20)21)5-8-1-2-9-6-18-4-3-10(9)12(8)19/h3-6H,1-2,7H2,(H,20,21). The van der Waals surface area contributed by atoms with Gasteiger partial charge in [-0.3, -0.25) is 4.98 Å². The number of carbonyl (C=O) groups is 1. The molecule has 0 fully saturated rings. The van der Waals surface area contributed by atoms with Crippen LogP contribution in [0, 0.1) is 0 Å². The van der Waals surface area contributed by atoms with E-state index in [1.165, 1.54) is 12.3 Å². The van der Waals surface area contributed by atoms with Crippen LogP contribution >= 0.6 is 0 Å². The summed E-state index contributed by atoms with van der Waals surface area (Å²) < 4.78 is 39.2. The van der Waals surface area contributed by atoms with Crippen molar-refractivity contribution in [2.45, 2.75) is 25.6 Å². The van der Waals surface area contributed by atoms with Crippen molar-refractivity contribution in [1.29, 1.82) is 0 Å². The highest BCUT2D eigenvalue weighted by Crippen LogP contribution is 2.37.